The van der Waals surface area contributed by atoms with Crippen LogP contribution >= 0.6 is 11.8 Å². The first-order chi connectivity index (χ1) is 15.6. The van der Waals surface area contributed by atoms with Gasteiger partial charge in [-0.05, 0) is 23.8 Å². The molecule has 1 atom stereocenters. The Labute approximate surface area is 192 Å². The molecule has 0 saturated carbocycles. The lowest BCUT2D eigenvalue weighted by molar-refractivity contribution is -0.122. The van der Waals surface area contributed by atoms with E-state index in [1.54, 1.807) is 11.8 Å². The van der Waals surface area contributed by atoms with Crippen molar-refractivity contribution in [3.8, 4) is 0 Å². The number of carbonyl (C=O) groups excluding carboxylic acids is 1. The average Bonchev–Trinajstić information content (AvgIpc) is 3.28. The maximum Gasteiger partial charge on any atom is 0.257 e. The summed E-state index contributed by atoms with van der Waals surface area (Å²) in [5, 5.41) is 4.61. The number of aromatic nitrogens is 1. The molecule has 1 N–H and O–H groups in total. The van der Waals surface area contributed by atoms with E-state index in [0.29, 0.717) is 6.54 Å². The molecule has 4 aromatic rings. The van der Waals surface area contributed by atoms with E-state index in [1.807, 2.05) is 67.5 Å². The van der Waals surface area contributed by atoms with Crippen LogP contribution in [-0.2, 0) is 18.4 Å². The molecule has 3 aromatic carbocycles. The number of nitrogens with one attached hydrogen (secondary N) is 1. The summed E-state index contributed by atoms with van der Waals surface area (Å²) in [5.41, 5.74) is 5.00. The third kappa shape index (κ3) is 3.69. The number of benzene rings is 3. The number of aryl methyl sites for hydroxylation is 1. The fraction of sp³-hybridized carbons (Fsp3) is 0.148. The fourth-order valence-electron chi connectivity index (χ4n) is 4.25. The van der Waals surface area contributed by atoms with E-state index in [1.165, 1.54) is 5.56 Å². The molecular formula is C27H25N3OS. The van der Waals surface area contributed by atoms with Gasteiger partial charge in [0.25, 0.3) is 5.91 Å². The Morgan fingerprint density at radius 3 is 2.28 bits per heavy atom. The molecule has 1 aliphatic rings. The van der Waals surface area contributed by atoms with Gasteiger partial charge in [-0.1, -0.05) is 78.5 Å². The zero-order valence-electron chi connectivity index (χ0n) is 18.2. The lowest BCUT2D eigenvalue weighted by Crippen LogP contribution is -2.32. The third-order valence-corrected chi connectivity index (χ3v) is 7.20. The van der Waals surface area contributed by atoms with Crippen LogP contribution in [0.4, 0.5) is 0 Å². The largest absolute Gasteiger partial charge is 0.381 e. The molecule has 1 unspecified atom stereocenters. The van der Waals surface area contributed by atoms with Crippen molar-refractivity contribution in [2.24, 2.45) is 7.05 Å². The van der Waals surface area contributed by atoms with Crippen LogP contribution in [0.1, 0.15) is 11.1 Å². The van der Waals surface area contributed by atoms with E-state index in [4.69, 9.17) is 0 Å². The summed E-state index contributed by atoms with van der Waals surface area (Å²) in [5.74, 6) is 0.0466. The van der Waals surface area contributed by atoms with E-state index < -0.39 is 0 Å². The number of rotatable bonds is 6. The second-order valence-corrected chi connectivity index (χ2v) is 9.15. The lowest BCUT2D eigenvalue weighted by atomic mass is 10.0. The fourth-order valence-corrected chi connectivity index (χ4v) is 5.40. The van der Waals surface area contributed by atoms with Gasteiger partial charge in [-0.3, -0.25) is 4.79 Å². The molecule has 160 valence electrons. The van der Waals surface area contributed by atoms with Gasteiger partial charge in [-0.2, -0.15) is 0 Å². The predicted octanol–water partition coefficient (Wildman–Crippen LogP) is 5.27. The molecule has 2 heterocycles. The van der Waals surface area contributed by atoms with Crippen molar-refractivity contribution in [3.63, 3.8) is 0 Å². The lowest BCUT2D eigenvalue weighted by Gasteiger charge is -2.23. The monoisotopic (exact) mass is 439 g/mol. The quantitative estimate of drug-likeness (QED) is 0.445. The normalized spacial score (nSPS) is 16.2. The van der Waals surface area contributed by atoms with Crippen molar-refractivity contribution >= 4 is 34.1 Å². The maximum absolute atomic E-state index is 13.6. The second kappa shape index (κ2) is 8.60. The summed E-state index contributed by atoms with van der Waals surface area (Å²) in [6.07, 6.45) is 2.07. The van der Waals surface area contributed by atoms with Gasteiger partial charge in [0.15, 0.2) is 0 Å². The zero-order valence-corrected chi connectivity index (χ0v) is 19.0. The minimum Gasteiger partial charge on any atom is -0.381 e. The molecule has 0 saturated heterocycles. The highest BCUT2D eigenvalue weighted by atomic mass is 32.2. The van der Waals surface area contributed by atoms with Gasteiger partial charge < -0.3 is 14.8 Å². The van der Waals surface area contributed by atoms with Gasteiger partial charge in [0.1, 0.15) is 5.37 Å². The summed E-state index contributed by atoms with van der Waals surface area (Å²) in [4.78, 5) is 16.6. The second-order valence-electron chi connectivity index (χ2n) is 8.00. The van der Waals surface area contributed by atoms with Crippen molar-refractivity contribution in [1.29, 1.82) is 0 Å². The van der Waals surface area contributed by atoms with Crippen LogP contribution in [-0.4, -0.2) is 27.8 Å². The van der Waals surface area contributed by atoms with Crippen LogP contribution in [0.3, 0.4) is 0 Å². The van der Waals surface area contributed by atoms with Crippen LogP contribution in [0.15, 0.2) is 102 Å². The Balaban J connectivity index is 1.62. The maximum atomic E-state index is 13.6. The van der Waals surface area contributed by atoms with Crippen LogP contribution < -0.4 is 5.32 Å². The number of nitrogens with zero attached hydrogens (tertiary/aromatic N) is 2. The van der Waals surface area contributed by atoms with Crippen molar-refractivity contribution in [2.75, 3.05) is 7.05 Å². The van der Waals surface area contributed by atoms with E-state index in [-0.39, 0.29) is 11.3 Å². The molecule has 0 fully saturated rings. The number of fused-ring (bicyclic) bond motifs is 1. The summed E-state index contributed by atoms with van der Waals surface area (Å²) in [7, 11) is 3.92. The minimum absolute atomic E-state index is 0.0466. The van der Waals surface area contributed by atoms with E-state index in [9.17, 15) is 4.79 Å². The summed E-state index contributed by atoms with van der Waals surface area (Å²) in [6.45, 7) is 0.664. The molecular weight excluding hydrogens is 414 g/mol. The molecule has 5 rings (SSSR count). The molecule has 1 aromatic heterocycles. The Morgan fingerprint density at radius 2 is 1.53 bits per heavy atom. The first kappa shape index (κ1) is 20.5. The smallest absolute Gasteiger partial charge is 0.257 e. The van der Waals surface area contributed by atoms with E-state index in [0.717, 1.165) is 32.6 Å². The molecule has 0 bridgehead atoms. The summed E-state index contributed by atoms with van der Waals surface area (Å²) >= 11 is 1.69. The Bertz CT molecular complexity index is 1290. The van der Waals surface area contributed by atoms with Crippen LogP contribution in [0.5, 0.6) is 0 Å². The van der Waals surface area contributed by atoms with E-state index in [2.05, 4.69) is 52.5 Å². The van der Waals surface area contributed by atoms with Gasteiger partial charge in [-0.25, -0.2) is 0 Å². The molecule has 1 aliphatic heterocycles. The molecule has 0 spiro atoms. The molecule has 1 amide bonds. The third-order valence-electron chi connectivity index (χ3n) is 5.89. The van der Waals surface area contributed by atoms with Gasteiger partial charge >= 0.3 is 0 Å². The number of carbonyl (C=O) groups is 1. The molecule has 4 nitrogen and oxygen atoms in total. The molecule has 32 heavy (non-hydrogen) atoms. The Kier molecular flexibility index (Phi) is 5.50. The number of thioether (sulfide) groups is 1. The number of likely N-dealkylation sites (N-methyl/N-ethyl adjacent to an activating group) is 1. The highest BCUT2D eigenvalue weighted by molar-refractivity contribution is 8.00. The van der Waals surface area contributed by atoms with Crippen molar-refractivity contribution < 1.29 is 4.79 Å². The van der Waals surface area contributed by atoms with Gasteiger partial charge in [-0.15, -0.1) is 0 Å². The Morgan fingerprint density at radius 1 is 0.875 bits per heavy atom. The van der Waals surface area contributed by atoms with E-state index >= 15 is 0 Å². The highest BCUT2D eigenvalue weighted by Gasteiger charge is 2.39. The minimum atomic E-state index is -0.123. The molecule has 5 heteroatoms. The van der Waals surface area contributed by atoms with Crippen molar-refractivity contribution in [1.82, 2.24) is 14.8 Å². The topological polar surface area (TPSA) is 37.3 Å². The molecule has 0 aliphatic carbocycles. The van der Waals surface area contributed by atoms with Crippen molar-refractivity contribution in [2.45, 2.75) is 16.8 Å². The van der Waals surface area contributed by atoms with Crippen molar-refractivity contribution in [3.05, 3.63) is 108 Å². The SMILES string of the molecule is CN1C(=O)C(c2cn(C)c3ccccc23)=C(NCc2ccccc2)C1Sc1ccccc1. The molecule has 0 radical (unpaired) electrons. The summed E-state index contributed by atoms with van der Waals surface area (Å²) < 4.78 is 2.09. The van der Waals surface area contributed by atoms with Crippen LogP contribution in [0.25, 0.3) is 16.5 Å². The average molecular weight is 440 g/mol. The number of para-hydroxylation sites is 1. The first-order valence-corrected chi connectivity index (χ1v) is 11.6. The standard InChI is InChI=1S/C27H25N3OS/c1-29-18-22(21-15-9-10-16-23(21)29)24-25(28-17-19-11-5-3-6-12-19)27(30(2)26(24)31)32-20-13-7-4-8-14-20/h3-16,18,27-28H,17H2,1-2H3. The zero-order chi connectivity index (χ0) is 22.1. The predicted molar refractivity (Wildman–Crippen MR) is 132 cm³/mol. The van der Waals surface area contributed by atoms with Gasteiger partial charge in [0.2, 0.25) is 0 Å². The van der Waals surface area contributed by atoms with Crippen LogP contribution in [0, 0.1) is 0 Å². The number of hydrogen-bond donors (Lipinski definition) is 1. The number of hydrogen-bond acceptors (Lipinski definition) is 3. The first-order valence-electron chi connectivity index (χ1n) is 10.7. The number of amides is 1. The van der Waals surface area contributed by atoms with Gasteiger partial charge in [0.05, 0.1) is 11.3 Å². The highest BCUT2D eigenvalue weighted by Crippen LogP contribution is 2.41. The van der Waals surface area contributed by atoms with Gasteiger partial charge in [0, 0.05) is 48.2 Å². The van der Waals surface area contributed by atoms with Crippen LogP contribution in [0.2, 0.25) is 0 Å². The Hall–Kier alpha value is -3.44. The summed E-state index contributed by atoms with van der Waals surface area (Å²) in [6, 6.07) is 28.8.